The van der Waals surface area contributed by atoms with Gasteiger partial charge in [-0.15, -0.1) is 0 Å². The number of ketones is 1. The smallest absolute Gasteiger partial charge is 0.188 e. The predicted octanol–water partition coefficient (Wildman–Crippen LogP) is 2.41. The predicted molar refractivity (Wildman–Crippen MR) is 55.0 cm³/mol. The van der Waals surface area contributed by atoms with Gasteiger partial charge in [-0.05, 0) is 18.9 Å². The summed E-state index contributed by atoms with van der Waals surface area (Å²) in [4.78, 5) is 19.2. The van der Waals surface area contributed by atoms with Crippen molar-refractivity contribution in [3.8, 4) is 0 Å². The zero-order valence-electron chi connectivity index (χ0n) is 8.53. The molecule has 0 bridgehead atoms. The van der Waals surface area contributed by atoms with E-state index in [-0.39, 0.29) is 5.78 Å². The summed E-state index contributed by atoms with van der Waals surface area (Å²) in [6.07, 6.45) is 8.00. The number of carbonyl (C=O) groups excluding carboxylic acids is 1. The van der Waals surface area contributed by atoms with Gasteiger partial charge in [0.2, 0.25) is 0 Å². The lowest BCUT2D eigenvalue weighted by Crippen LogP contribution is -1.97. The van der Waals surface area contributed by atoms with Gasteiger partial charge in [0.1, 0.15) is 6.33 Å². The molecule has 14 heavy (non-hydrogen) atoms. The Morgan fingerprint density at radius 2 is 1.86 bits per heavy atom. The second-order valence-corrected chi connectivity index (χ2v) is 3.00. The Morgan fingerprint density at radius 1 is 1.29 bits per heavy atom. The minimum absolute atomic E-state index is 0.00991. The molecule has 1 rings (SSSR count). The van der Waals surface area contributed by atoms with Crippen LogP contribution >= 0.6 is 0 Å². The average Bonchev–Trinajstić information content (AvgIpc) is 2.26. The Bertz CT molecular complexity index is 324. The van der Waals surface area contributed by atoms with Gasteiger partial charge in [-0.1, -0.05) is 19.4 Å². The van der Waals surface area contributed by atoms with Crippen molar-refractivity contribution in [1.82, 2.24) is 9.97 Å². The molecule has 0 fully saturated rings. The summed E-state index contributed by atoms with van der Waals surface area (Å²) in [5, 5.41) is 0. The van der Waals surface area contributed by atoms with E-state index >= 15 is 0 Å². The van der Waals surface area contributed by atoms with Crippen LogP contribution in [0.5, 0.6) is 0 Å². The molecule has 0 saturated carbocycles. The van der Waals surface area contributed by atoms with Crippen LogP contribution in [0.15, 0.2) is 30.4 Å². The number of rotatable bonds is 4. The summed E-state index contributed by atoms with van der Waals surface area (Å²) in [5.74, 6) is -0.00991. The van der Waals surface area contributed by atoms with Gasteiger partial charge in [0, 0.05) is 12.4 Å². The van der Waals surface area contributed by atoms with E-state index in [2.05, 4.69) is 9.97 Å². The maximum absolute atomic E-state index is 11.6. The molecule has 0 aliphatic rings. The van der Waals surface area contributed by atoms with E-state index in [4.69, 9.17) is 0 Å². The Morgan fingerprint density at radius 3 is 2.36 bits per heavy atom. The molecule has 0 N–H and O–H groups in total. The third-order valence-corrected chi connectivity index (χ3v) is 2.09. The SMILES string of the molecule is CCC(=CC(=O)c1cncnc1)CC. The van der Waals surface area contributed by atoms with E-state index in [0.29, 0.717) is 5.56 Å². The van der Waals surface area contributed by atoms with Crippen LogP contribution in [-0.2, 0) is 0 Å². The summed E-state index contributed by atoms with van der Waals surface area (Å²) in [7, 11) is 0. The Labute approximate surface area is 83.9 Å². The van der Waals surface area contributed by atoms with Crippen molar-refractivity contribution in [3.63, 3.8) is 0 Å². The van der Waals surface area contributed by atoms with Crippen LogP contribution in [0.25, 0.3) is 0 Å². The molecule has 0 aromatic carbocycles. The zero-order chi connectivity index (χ0) is 10.4. The minimum atomic E-state index is -0.00991. The summed E-state index contributed by atoms with van der Waals surface area (Å²) < 4.78 is 0. The molecule has 0 amide bonds. The molecule has 0 aliphatic carbocycles. The number of nitrogens with zero attached hydrogens (tertiary/aromatic N) is 2. The van der Waals surface area contributed by atoms with Gasteiger partial charge in [0.25, 0.3) is 0 Å². The largest absolute Gasteiger partial charge is 0.289 e. The molecule has 1 aromatic heterocycles. The van der Waals surface area contributed by atoms with Crippen molar-refractivity contribution in [1.29, 1.82) is 0 Å². The van der Waals surface area contributed by atoms with Gasteiger partial charge in [0.05, 0.1) is 5.56 Å². The normalized spacial score (nSPS) is 9.57. The number of hydrogen-bond donors (Lipinski definition) is 0. The van der Waals surface area contributed by atoms with E-state index in [9.17, 15) is 4.79 Å². The Hall–Kier alpha value is -1.51. The maximum Gasteiger partial charge on any atom is 0.188 e. The Kier molecular flexibility index (Phi) is 3.98. The van der Waals surface area contributed by atoms with Crippen LogP contribution in [0.3, 0.4) is 0 Å². The topological polar surface area (TPSA) is 42.9 Å². The first kappa shape index (κ1) is 10.6. The summed E-state index contributed by atoms with van der Waals surface area (Å²) >= 11 is 0. The van der Waals surface area contributed by atoms with Crippen LogP contribution < -0.4 is 0 Å². The van der Waals surface area contributed by atoms with Gasteiger partial charge < -0.3 is 0 Å². The van der Waals surface area contributed by atoms with E-state index in [1.807, 2.05) is 13.8 Å². The van der Waals surface area contributed by atoms with Crippen molar-refractivity contribution in [2.75, 3.05) is 0 Å². The first-order valence-electron chi connectivity index (χ1n) is 4.76. The lowest BCUT2D eigenvalue weighted by Gasteiger charge is -1.99. The maximum atomic E-state index is 11.6. The number of allylic oxidation sites excluding steroid dienone is 2. The molecule has 1 heterocycles. The molecule has 0 saturated heterocycles. The molecule has 0 spiro atoms. The van der Waals surface area contributed by atoms with Crippen LogP contribution in [0.2, 0.25) is 0 Å². The summed E-state index contributed by atoms with van der Waals surface area (Å²) in [6, 6.07) is 0. The molecule has 0 atom stereocenters. The number of carbonyl (C=O) groups is 1. The molecular weight excluding hydrogens is 176 g/mol. The number of hydrogen-bond acceptors (Lipinski definition) is 3. The highest BCUT2D eigenvalue weighted by Crippen LogP contribution is 2.07. The molecule has 74 valence electrons. The van der Waals surface area contributed by atoms with Crippen LogP contribution in [0.1, 0.15) is 37.0 Å². The molecule has 3 heteroatoms. The molecule has 3 nitrogen and oxygen atoms in total. The van der Waals surface area contributed by atoms with Crippen molar-refractivity contribution >= 4 is 5.78 Å². The highest BCUT2D eigenvalue weighted by atomic mass is 16.1. The van der Waals surface area contributed by atoms with Crippen molar-refractivity contribution in [2.24, 2.45) is 0 Å². The van der Waals surface area contributed by atoms with Crippen molar-refractivity contribution in [2.45, 2.75) is 26.7 Å². The van der Waals surface area contributed by atoms with Gasteiger partial charge in [0.15, 0.2) is 5.78 Å². The van der Waals surface area contributed by atoms with Crippen molar-refractivity contribution < 1.29 is 4.79 Å². The minimum Gasteiger partial charge on any atom is -0.289 e. The van der Waals surface area contributed by atoms with Gasteiger partial charge in [-0.2, -0.15) is 0 Å². The van der Waals surface area contributed by atoms with Gasteiger partial charge in [-0.3, -0.25) is 4.79 Å². The van der Waals surface area contributed by atoms with Gasteiger partial charge >= 0.3 is 0 Å². The monoisotopic (exact) mass is 190 g/mol. The standard InChI is InChI=1S/C11H14N2O/c1-3-9(4-2)5-11(14)10-6-12-8-13-7-10/h5-8H,3-4H2,1-2H3. The lowest BCUT2D eigenvalue weighted by atomic mass is 10.1. The van der Waals surface area contributed by atoms with Crippen LogP contribution in [0, 0.1) is 0 Å². The van der Waals surface area contributed by atoms with E-state index in [0.717, 1.165) is 18.4 Å². The second kappa shape index (κ2) is 5.27. The highest BCUT2D eigenvalue weighted by molar-refractivity contribution is 6.04. The second-order valence-electron chi connectivity index (χ2n) is 3.00. The third-order valence-electron chi connectivity index (χ3n) is 2.09. The molecule has 0 unspecified atom stereocenters. The fraction of sp³-hybridized carbons (Fsp3) is 0.364. The third kappa shape index (κ3) is 2.76. The average molecular weight is 190 g/mol. The summed E-state index contributed by atoms with van der Waals surface area (Å²) in [5.41, 5.74) is 1.70. The quantitative estimate of drug-likeness (QED) is 0.541. The first-order valence-corrected chi connectivity index (χ1v) is 4.76. The molecule has 0 radical (unpaired) electrons. The fourth-order valence-corrected chi connectivity index (χ4v) is 1.15. The van der Waals surface area contributed by atoms with E-state index < -0.39 is 0 Å². The van der Waals surface area contributed by atoms with Crippen LogP contribution in [-0.4, -0.2) is 15.8 Å². The lowest BCUT2D eigenvalue weighted by molar-refractivity contribution is 0.104. The van der Waals surface area contributed by atoms with Crippen molar-refractivity contribution in [3.05, 3.63) is 35.9 Å². The molecule has 0 aliphatic heterocycles. The fourth-order valence-electron chi connectivity index (χ4n) is 1.15. The highest BCUT2D eigenvalue weighted by Gasteiger charge is 2.03. The summed E-state index contributed by atoms with van der Waals surface area (Å²) in [6.45, 7) is 4.09. The zero-order valence-corrected chi connectivity index (χ0v) is 8.53. The van der Waals surface area contributed by atoms with E-state index in [1.54, 1.807) is 6.08 Å². The first-order chi connectivity index (χ1) is 6.77. The number of aromatic nitrogens is 2. The van der Waals surface area contributed by atoms with Gasteiger partial charge in [-0.25, -0.2) is 9.97 Å². The van der Waals surface area contributed by atoms with Crippen LogP contribution in [0.4, 0.5) is 0 Å². The molecule has 1 aromatic rings. The Balaban J connectivity index is 2.82. The molecular formula is C11H14N2O. The van der Waals surface area contributed by atoms with E-state index in [1.165, 1.54) is 18.7 Å².